The van der Waals surface area contributed by atoms with E-state index in [1.54, 1.807) is 20.4 Å². The average Bonchev–Trinajstić information content (AvgIpc) is 2.54. The first kappa shape index (κ1) is 15.4. The molecule has 0 aliphatic heterocycles. The molecule has 0 spiro atoms. The third kappa shape index (κ3) is 3.97. The number of aryl methyl sites for hydroxylation is 1. The zero-order valence-electron chi connectivity index (χ0n) is 13.1. The number of aromatic nitrogens is 1. The summed E-state index contributed by atoms with van der Waals surface area (Å²) >= 11 is 0. The Balaban J connectivity index is 2.14. The van der Waals surface area contributed by atoms with E-state index >= 15 is 0 Å². The third-order valence-corrected chi connectivity index (χ3v) is 3.58. The first-order chi connectivity index (χ1) is 10.3. The number of methoxy groups -OCH3 is 2. The number of hydrogen-bond acceptors (Lipinski definition) is 3. The summed E-state index contributed by atoms with van der Waals surface area (Å²) in [5.74, 6) is 1.44. The quantitative estimate of drug-likeness (QED) is 0.769. The fourth-order valence-electron chi connectivity index (χ4n) is 2.37. The lowest BCUT2D eigenvalue weighted by molar-refractivity contribution is 0.350. The molecule has 0 saturated carbocycles. The molecule has 2 aromatic rings. The zero-order chi connectivity index (χ0) is 15.1. The van der Waals surface area contributed by atoms with Gasteiger partial charge >= 0.3 is 0 Å². The highest BCUT2D eigenvalue weighted by molar-refractivity contribution is 5.44. The smallest absolute Gasteiger partial charge is 0.182 e. The van der Waals surface area contributed by atoms with Gasteiger partial charge in [0.2, 0.25) is 0 Å². The molecule has 1 aromatic heterocycles. The fraction of sp³-hybridized carbons (Fsp3) is 0.389. The van der Waals surface area contributed by atoms with Gasteiger partial charge in [0.15, 0.2) is 11.5 Å². The first-order valence-corrected chi connectivity index (χ1v) is 7.42. The summed E-state index contributed by atoms with van der Waals surface area (Å²) in [6.07, 6.45) is 6.12. The van der Waals surface area contributed by atoms with E-state index < -0.39 is 0 Å². The summed E-state index contributed by atoms with van der Waals surface area (Å²) in [6, 6.07) is 10.6. The Kier molecular flexibility index (Phi) is 5.61. The second-order valence-corrected chi connectivity index (χ2v) is 5.09. The fourth-order valence-corrected chi connectivity index (χ4v) is 2.37. The van der Waals surface area contributed by atoms with Gasteiger partial charge in [-0.05, 0) is 24.0 Å². The van der Waals surface area contributed by atoms with Gasteiger partial charge < -0.3 is 9.47 Å². The highest BCUT2D eigenvalue weighted by atomic mass is 16.5. The van der Waals surface area contributed by atoms with Crippen LogP contribution in [0.15, 0.2) is 36.5 Å². The predicted molar refractivity (Wildman–Crippen MR) is 85.2 cm³/mol. The number of hydrogen-bond donors (Lipinski definition) is 0. The van der Waals surface area contributed by atoms with Crippen LogP contribution in [0.4, 0.5) is 0 Å². The Hall–Kier alpha value is -2.03. The minimum Gasteiger partial charge on any atom is -0.493 e. The molecule has 3 nitrogen and oxygen atoms in total. The van der Waals surface area contributed by atoms with Gasteiger partial charge in [-0.2, -0.15) is 0 Å². The molecule has 0 unspecified atom stereocenters. The highest BCUT2D eigenvalue weighted by Gasteiger charge is 2.11. The third-order valence-electron chi connectivity index (χ3n) is 3.58. The monoisotopic (exact) mass is 285 g/mol. The van der Waals surface area contributed by atoms with Crippen molar-refractivity contribution in [2.24, 2.45) is 0 Å². The maximum atomic E-state index is 5.43. The van der Waals surface area contributed by atoms with Crippen molar-refractivity contribution < 1.29 is 9.47 Å². The van der Waals surface area contributed by atoms with Crippen molar-refractivity contribution >= 4 is 0 Å². The van der Waals surface area contributed by atoms with Crippen LogP contribution in [0.25, 0.3) is 0 Å². The largest absolute Gasteiger partial charge is 0.493 e. The van der Waals surface area contributed by atoms with Gasteiger partial charge in [0, 0.05) is 18.7 Å². The second kappa shape index (κ2) is 7.67. The maximum Gasteiger partial charge on any atom is 0.182 e. The lowest BCUT2D eigenvalue weighted by atomic mass is 10.0. The predicted octanol–water partition coefficient (Wildman–Crippen LogP) is 4.03. The molecule has 0 aliphatic rings. The highest BCUT2D eigenvalue weighted by Crippen LogP contribution is 2.30. The molecule has 0 amide bonds. The molecule has 112 valence electrons. The van der Waals surface area contributed by atoms with Crippen molar-refractivity contribution in [3.63, 3.8) is 0 Å². The van der Waals surface area contributed by atoms with Gasteiger partial charge in [-0.1, -0.05) is 37.6 Å². The summed E-state index contributed by atoms with van der Waals surface area (Å²) in [5.41, 5.74) is 3.53. The van der Waals surface area contributed by atoms with Crippen LogP contribution in [0.2, 0.25) is 0 Å². The summed E-state index contributed by atoms with van der Waals surface area (Å²) in [4.78, 5) is 4.42. The number of nitrogens with zero attached hydrogens (tertiary/aromatic N) is 1. The zero-order valence-corrected chi connectivity index (χ0v) is 13.1. The van der Waals surface area contributed by atoms with Crippen molar-refractivity contribution in [2.75, 3.05) is 14.2 Å². The molecule has 0 aliphatic carbocycles. The normalized spacial score (nSPS) is 10.4. The molecule has 0 saturated heterocycles. The Morgan fingerprint density at radius 3 is 2.29 bits per heavy atom. The molecule has 0 radical (unpaired) electrons. The van der Waals surface area contributed by atoms with Crippen molar-refractivity contribution in [3.05, 3.63) is 53.3 Å². The Bertz CT molecular complexity index is 564. The van der Waals surface area contributed by atoms with Crippen LogP contribution in [-0.2, 0) is 12.8 Å². The summed E-state index contributed by atoms with van der Waals surface area (Å²) in [5, 5.41) is 0. The van der Waals surface area contributed by atoms with Crippen molar-refractivity contribution in [1.82, 2.24) is 4.98 Å². The molecular formula is C18H23NO2. The van der Waals surface area contributed by atoms with Crippen LogP contribution in [0, 0.1) is 0 Å². The Morgan fingerprint density at radius 2 is 1.67 bits per heavy atom. The molecule has 0 bridgehead atoms. The van der Waals surface area contributed by atoms with Crippen LogP contribution in [-0.4, -0.2) is 19.2 Å². The molecule has 0 fully saturated rings. The van der Waals surface area contributed by atoms with Crippen molar-refractivity contribution in [2.45, 2.75) is 32.6 Å². The SMILES string of the molecule is CCCCc1ccc(Cc2nccc(OC)c2OC)cc1. The first-order valence-electron chi connectivity index (χ1n) is 7.42. The number of ether oxygens (including phenoxy) is 2. The van der Waals surface area contributed by atoms with Crippen LogP contribution in [0.5, 0.6) is 11.5 Å². The lowest BCUT2D eigenvalue weighted by Crippen LogP contribution is -2.00. The average molecular weight is 285 g/mol. The van der Waals surface area contributed by atoms with Gasteiger partial charge in [-0.25, -0.2) is 0 Å². The summed E-state index contributed by atoms with van der Waals surface area (Å²) < 4.78 is 10.7. The Morgan fingerprint density at radius 1 is 0.952 bits per heavy atom. The van der Waals surface area contributed by atoms with E-state index in [4.69, 9.17) is 9.47 Å². The maximum absolute atomic E-state index is 5.43. The minimum atomic E-state index is 0.718. The van der Waals surface area contributed by atoms with E-state index in [2.05, 4.69) is 36.2 Å². The summed E-state index contributed by atoms with van der Waals surface area (Å²) in [6.45, 7) is 2.22. The topological polar surface area (TPSA) is 31.4 Å². The molecule has 2 rings (SSSR count). The minimum absolute atomic E-state index is 0.718. The van der Waals surface area contributed by atoms with Gasteiger partial charge in [0.1, 0.15) is 0 Å². The van der Waals surface area contributed by atoms with E-state index in [9.17, 15) is 0 Å². The standard InChI is InChI=1S/C18H23NO2/c1-4-5-6-14-7-9-15(10-8-14)13-16-18(21-3)17(20-2)11-12-19-16/h7-12H,4-6,13H2,1-3H3. The van der Waals surface area contributed by atoms with Crippen LogP contribution >= 0.6 is 0 Å². The molecule has 0 atom stereocenters. The Labute approximate surface area is 126 Å². The van der Waals surface area contributed by atoms with Gasteiger partial charge in [0.05, 0.1) is 19.9 Å². The molecule has 1 heterocycles. The van der Waals surface area contributed by atoms with Crippen molar-refractivity contribution in [3.8, 4) is 11.5 Å². The van der Waals surface area contributed by atoms with E-state index in [0.29, 0.717) is 0 Å². The number of pyridine rings is 1. The van der Waals surface area contributed by atoms with Gasteiger partial charge in [-0.15, -0.1) is 0 Å². The van der Waals surface area contributed by atoms with Gasteiger partial charge in [0.25, 0.3) is 0 Å². The van der Waals surface area contributed by atoms with E-state index in [0.717, 1.165) is 30.0 Å². The molecule has 0 N–H and O–H groups in total. The number of benzene rings is 1. The number of rotatable bonds is 7. The van der Waals surface area contributed by atoms with E-state index in [1.807, 2.05) is 6.07 Å². The van der Waals surface area contributed by atoms with Crippen LogP contribution in [0.1, 0.15) is 36.6 Å². The van der Waals surface area contributed by atoms with Crippen LogP contribution < -0.4 is 9.47 Å². The lowest BCUT2D eigenvalue weighted by Gasteiger charge is -2.11. The summed E-state index contributed by atoms with van der Waals surface area (Å²) in [7, 11) is 3.29. The van der Waals surface area contributed by atoms with Crippen molar-refractivity contribution in [1.29, 1.82) is 0 Å². The van der Waals surface area contributed by atoms with E-state index in [-0.39, 0.29) is 0 Å². The second-order valence-electron chi connectivity index (χ2n) is 5.09. The molecule has 3 heteroatoms. The van der Waals surface area contributed by atoms with E-state index in [1.165, 1.54) is 24.0 Å². The molecule has 21 heavy (non-hydrogen) atoms. The number of unbranched alkanes of at least 4 members (excludes halogenated alkanes) is 1. The van der Waals surface area contributed by atoms with Crippen LogP contribution in [0.3, 0.4) is 0 Å². The van der Waals surface area contributed by atoms with Gasteiger partial charge in [-0.3, -0.25) is 4.98 Å². The molecule has 1 aromatic carbocycles. The molecular weight excluding hydrogens is 262 g/mol.